The van der Waals surface area contributed by atoms with E-state index in [0.29, 0.717) is 22.6 Å². The highest BCUT2D eigenvalue weighted by Crippen LogP contribution is 2.32. The number of rotatable bonds is 7. The zero-order valence-electron chi connectivity index (χ0n) is 18.6. The van der Waals surface area contributed by atoms with Gasteiger partial charge >= 0.3 is 0 Å². The molecule has 1 aliphatic rings. The van der Waals surface area contributed by atoms with Gasteiger partial charge in [0.05, 0.1) is 30.4 Å². The molecule has 1 saturated heterocycles. The smallest absolute Gasteiger partial charge is 0.272 e. The van der Waals surface area contributed by atoms with Crippen LogP contribution < -0.4 is 5.56 Å². The van der Waals surface area contributed by atoms with E-state index in [4.69, 9.17) is 15.0 Å². The molecular weight excluding hydrogens is 464 g/mol. The van der Waals surface area contributed by atoms with Crippen molar-refractivity contribution in [1.82, 2.24) is 14.5 Å². The highest BCUT2D eigenvalue weighted by molar-refractivity contribution is 7.98. The van der Waals surface area contributed by atoms with E-state index in [0.717, 1.165) is 59.5 Å². The highest BCUT2D eigenvalue weighted by Gasteiger charge is 2.17. The van der Waals surface area contributed by atoms with Crippen molar-refractivity contribution < 1.29 is 4.74 Å². The molecule has 0 N–H and O–H groups in total. The normalized spacial score (nSPS) is 14.3. The minimum absolute atomic E-state index is 0.0211. The third kappa shape index (κ3) is 5.08. The van der Waals surface area contributed by atoms with Crippen molar-refractivity contribution in [2.24, 2.45) is 0 Å². The molecule has 0 aliphatic carbocycles. The molecule has 2 aromatic carbocycles. The van der Waals surface area contributed by atoms with Gasteiger partial charge in [-0.2, -0.15) is 5.26 Å². The predicted octanol–water partition coefficient (Wildman–Crippen LogP) is 4.62. The minimum atomic E-state index is 0.0211. The molecule has 0 saturated carbocycles. The van der Waals surface area contributed by atoms with Gasteiger partial charge in [0.25, 0.3) is 5.56 Å². The van der Waals surface area contributed by atoms with Gasteiger partial charge < -0.3 is 4.74 Å². The Labute approximate surface area is 206 Å². The van der Waals surface area contributed by atoms with Gasteiger partial charge in [0.2, 0.25) is 0 Å². The van der Waals surface area contributed by atoms with E-state index in [1.165, 1.54) is 11.3 Å². The fourth-order valence-electron chi connectivity index (χ4n) is 3.93. The first-order chi connectivity index (χ1) is 16.7. The SMILES string of the molecule is N#Cc1ccc(CSc2nc3cc(-c4ccccc4)sc3c(=O)n2CCN2CCOCC2)cc1. The number of hydrogen-bond acceptors (Lipinski definition) is 7. The lowest BCUT2D eigenvalue weighted by Crippen LogP contribution is -2.39. The Hall–Kier alpha value is -2.96. The fourth-order valence-corrected chi connectivity index (χ4v) is 5.96. The molecule has 0 unspecified atom stereocenters. The molecule has 0 spiro atoms. The lowest BCUT2D eigenvalue weighted by atomic mass is 10.2. The van der Waals surface area contributed by atoms with Crippen LogP contribution in [0.25, 0.3) is 20.7 Å². The summed E-state index contributed by atoms with van der Waals surface area (Å²) in [5, 5.41) is 9.77. The summed E-state index contributed by atoms with van der Waals surface area (Å²) in [6.45, 7) is 4.62. The fraction of sp³-hybridized carbons (Fsp3) is 0.269. The Morgan fingerprint density at radius 1 is 1.06 bits per heavy atom. The molecule has 4 aromatic rings. The number of benzene rings is 2. The Bertz CT molecular complexity index is 1370. The van der Waals surface area contributed by atoms with Gasteiger partial charge in [-0.3, -0.25) is 14.3 Å². The van der Waals surface area contributed by atoms with Crippen molar-refractivity contribution in [2.45, 2.75) is 17.5 Å². The van der Waals surface area contributed by atoms with Gasteiger partial charge in [-0.25, -0.2) is 4.98 Å². The van der Waals surface area contributed by atoms with Gasteiger partial charge in [-0.15, -0.1) is 11.3 Å². The van der Waals surface area contributed by atoms with E-state index in [9.17, 15) is 4.79 Å². The third-order valence-corrected chi connectivity index (χ3v) is 8.06. The molecule has 2 aromatic heterocycles. The van der Waals surface area contributed by atoms with E-state index < -0.39 is 0 Å². The van der Waals surface area contributed by atoms with Crippen molar-refractivity contribution in [1.29, 1.82) is 5.26 Å². The maximum Gasteiger partial charge on any atom is 0.272 e. The molecule has 0 amide bonds. The van der Waals surface area contributed by atoms with Gasteiger partial charge in [0.1, 0.15) is 4.70 Å². The summed E-state index contributed by atoms with van der Waals surface area (Å²) >= 11 is 3.08. The highest BCUT2D eigenvalue weighted by atomic mass is 32.2. The quantitative estimate of drug-likeness (QED) is 0.279. The van der Waals surface area contributed by atoms with E-state index >= 15 is 0 Å². The molecule has 0 bridgehead atoms. The molecule has 1 aliphatic heterocycles. The summed E-state index contributed by atoms with van der Waals surface area (Å²) in [5.41, 5.74) is 3.60. The second-order valence-corrected chi connectivity index (χ2v) is 10.1. The first-order valence-corrected chi connectivity index (χ1v) is 13.0. The van der Waals surface area contributed by atoms with Gasteiger partial charge in [0.15, 0.2) is 5.16 Å². The zero-order chi connectivity index (χ0) is 23.3. The van der Waals surface area contributed by atoms with Crippen LogP contribution in [0.15, 0.2) is 70.6 Å². The largest absolute Gasteiger partial charge is 0.379 e. The molecule has 1 fully saturated rings. The summed E-state index contributed by atoms with van der Waals surface area (Å²) in [4.78, 5) is 21.9. The summed E-state index contributed by atoms with van der Waals surface area (Å²) in [6, 6.07) is 21.9. The Balaban J connectivity index is 1.47. The van der Waals surface area contributed by atoms with E-state index in [1.807, 2.05) is 53.1 Å². The third-order valence-electron chi connectivity index (χ3n) is 5.85. The van der Waals surface area contributed by atoms with Crippen LogP contribution in [0.2, 0.25) is 0 Å². The Kier molecular flexibility index (Phi) is 7.07. The Morgan fingerprint density at radius 3 is 2.56 bits per heavy atom. The van der Waals surface area contributed by atoms with Gasteiger partial charge in [0, 0.05) is 36.8 Å². The van der Waals surface area contributed by atoms with Gasteiger partial charge in [-0.1, -0.05) is 54.2 Å². The Morgan fingerprint density at radius 2 is 1.82 bits per heavy atom. The maximum atomic E-state index is 13.6. The first-order valence-electron chi connectivity index (χ1n) is 11.2. The molecule has 8 heteroatoms. The second kappa shape index (κ2) is 10.5. The number of fused-ring (bicyclic) bond motifs is 1. The summed E-state index contributed by atoms with van der Waals surface area (Å²) in [6.07, 6.45) is 0. The number of hydrogen-bond donors (Lipinski definition) is 0. The molecule has 6 nitrogen and oxygen atoms in total. The minimum Gasteiger partial charge on any atom is -0.379 e. The van der Waals surface area contributed by atoms with Crippen molar-refractivity contribution >= 4 is 33.3 Å². The van der Waals surface area contributed by atoms with Crippen LogP contribution in [0.3, 0.4) is 0 Å². The molecule has 0 radical (unpaired) electrons. The molecule has 172 valence electrons. The maximum absolute atomic E-state index is 13.6. The second-order valence-electron chi connectivity index (χ2n) is 8.09. The first kappa shape index (κ1) is 22.8. The van der Waals surface area contributed by atoms with E-state index in [2.05, 4.69) is 23.1 Å². The lowest BCUT2D eigenvalue weighted by Gasteiger charge is -2.27. The van der Waals surface area contributed by atoms with Crippen molar-refractivity contribution in [3.05, 3.63) is 82.1 Å². The predicted molar refractivity (Wildman–Crippen MR) is 137 cm³/mol. The van der Waals surface area contributed by atoms with Crippen LogP contribution in [0.4, 0.5) is 0 Å². The van der Waals surface area contributed by atoms with Gasteiger partial charge in [-0.05, 0) is 29.3 Å². The molecule has 5 rings (SSSR count). The summed E-state index contributed by atoms with van der Waals surface area (Å²) in [5.74, 6) is 0.677. The average molecular weight is 489 g/mol. The average Bonchev–Trinajstić information content (AvgIpc) is 3.33. The van der Waals surface area contributed by atoms with Crippen LogP contribution in [-0.4, -0.2) is 47.3 Å². The molecule has 0 atom stereocenters. The number of ether oxygens (including phenoxy) is 1. The monoisotopic (exact) mass is 488 g/mol. The lowest BCUT2D eigenvalue weighted by molar-refractivity contribution is 0.0359. The zero-order valence-corrected chi connectivity index (χ0v) is 20.3. The van der Waals surface area contributed by atoms with Crippen LogP contribution >= 0.6 is 23.1 Å². The topological polar surface area (TPSA) is 71.2 Å². The molecule has 34 heavy (non-hydrogen) atoms. The van der Waals surface area contributed by atoms with Crippen LogP contribution in [0.5, 0.6) is 0 Å². The summed E-state index contributed by atoms with van der Waals surface area (Å²) in [7, 11) is 0. The van der Waals surface area contributed by atoms with Crippen LogP contribution in [0.1, 0.15) is 11.1 Å². The standard InChI is InChI=1S/C26H24N4O2S2/c27-17-19-6-8-20(9-7-19)18-33-26-28-22-16-23(21-4-2-1-3-5-21)34-24(22)25(31)30(26)11-10-29-12-14-32-15-13-29/h1-9,16H,10-15,18H2. The number of aromatic nitrogens is 2. The number of nitriles is 1. The molecule has 3 heterocycles. The van der Waals surface area contributed by atoms with Crippen LogP contribution in [-0.2, 0) is 17.0 Å². The number of morpholine rings is 1. The van der Waals surface area contributed by atoms with Crippen molar-refractivity contribution in [2.75, 3.05) is 32.8 Å². The number of thioether (sulfide) groups is 1. The van der Waals surface area contributed by atoms with E-state index in [-0.39, 0.29) is 5.56 Å². The summed E-state index contributed by atoms with van der Waals surface area (Å²) < 4.78 is 7.99. The van der Waals surface area contributed by atoms with Crippen molar-refractivity contribution in [3.63, 3.8) is 0 Å². The number of thiophene rings is 1. The van der Waals surface area contributed by atoms with E-state index in [1.54, 1.807) is 11.8 Å². The number of nitrogens with zero attached hydrogens (tertiary/aromatic N) is 4. The van der Waals surface area contributed by atoms with Crippen molar-refractivity contribution in [3.8, 4) is 16.5 Å². The van der Waals surface area contributed by atoms with Crippen LogP contribution in [0, 0.1) is 11.3 Å². The molecular formula is C26H24N4O2S2.